The van der Waals surface area contributed by atoms with E-state index in [0.29, 0.717) is 16.7 Å². The van der Waals surface area contributed by atoms with E-state index in [1.165, 1.54) is 6.08 Å². The fraction of sp³-hybridized carbons (Fsp3) is 0.400. The lowest BCUT2D eigenvalue weighted by atomic mass is 9.90. The average Bonchev–Trinajstić information content (AvgIpc) is 2.91. The highest BCUT2D eigenvalue weighted by Crippen LogP contribution is 2.23. The Bertz CT molecular complexity index is 359. The second kappa shape index (κ2) is 2.64. The molecule has 0 spiro atoms. The maximum Gasteiger partial charge on any atom is 0.186 e. The van der Waals surface area contributed by atoms with Crippen LogP contribution in [0.3, 0.4) is 0 Å². The quantitative estimate of drug-likeness (QED) is 0.465. The Hall–Kier alpha value is -1.22. The van der Waals surface area contributed by atoms with Crippen LogP contribution in [0.2, 0.25) is 0 Å². The molecular formula is C10H11NO2. The molecule has 1 fully saturated rings. The molecule has 0 saturated carbocycles. The van der Waals surface area contributed by atoms with E-state index in [-0.39, 0.29) is 17.6 Å². The molecule has 1 heterocycles. The van der Waals surface area contributed by atoms with Crippen molar-refractivity contribution in [2.24, 2.45) is 0 Å². The van der Waals surface area contributed by atoms with Gasteiger partial charge in [-0.15, -0.1) is 0 Å². The Kier molecular flexibility index (Phi) is 1.70. The number of carbonyl (C=O) groups is 2. The molecule has 1 saturated heterocycles. The zero-order chi connectivity index (χ0) is 9.59. The molecule has 3 heteroatoms. The monoisotopic (exact) mass is 177 g/mol. The topological polar surface area (TPSA) is 56.1 Å². The molecule has 0 bridgehead atoms. The number of carbonyl (C=O) groups excluding carboxylic acids is 2. The zero-order valence-electron chi connectivity index (χ0n) is 7.68. The van der Waals surface area contributed by atoms with Gasteiger partial charge in [0, 0.05) is 29.3 Å². The van der Waals surface area contributed by atoms with E-state index in [2.05, 4.69) is 5.32 Å². The summed E-state index contributed by atoms with van der Waals surface area (Å²) in [7, 11) is 0. The summed E-state index contributed by atoms with van der Waals surface area (Å²) in [4.78, 5) is 23.0. The van der Waals surface area contributed by atoms with Crippen LogP contribution in [-0.2, 0) is 9.59 Å². The van der Waals surface area contributed by atoms with E-state index >= 15 is 0 Å². The average molecular weight is 177 g/mol. The Balaban J connectivity index is 2.39. The third-order valence-corrected chi connectivity index (χ3v) is 2.61. The highest BCUT2D eigenvalue weighted by atomic mass is 16.1. The van der Waals surface area contributed by atoms with Gasteiger partial charge >= 0.3 is 0 Å². The van der Waals surface area contributed by atoms with Crippen molar-refractivity contribution in [1.82, 2.24) is 5.32 Å². The van der Waals surface area contributed by atoms with Crippen molar-refractivity contribution in [1.29, 1.82) is 0 Å². The summed E-state index contributed by atoms with van der Waals surface area (Å²) in [6.45, 7) is 4.23. The van der Waals surface area contributed by atoms with Gasteiger partial charge in [-0.3, -0.25) is 9.59 Å². The summed E-state index contributed by atoms with van der Waals surface area (Å²) in [6.07, 6.45) is 1.47. The van der Waals surface area contributed by atoms with E-state index in [1.54, 1.807) is 13.8 Å². The molecule has 3 nitrogen and oxygen atoms in total. The molecule has 0 aromatic heterocycles. The minimum atomic E-state index is -0.0270. The van der Waals surface area contributed by atoms with Crippen LogP contribution in [0.4, 0.5) is 0 Å². The molecule has 0 amide bonds. The summed E-state index contributed by atoms with van der Waals surface area (Å²) in [6, 6.07) is 0.125. The van der Waals surface area contributed by atoms with Gasteiger partial charge in [0.1, 0.15) is 0 Å². The van der Waals surface area contributed by atoms with E-state index in [1.807, 2.05) is 0 Å². The SMILES string of the molecule is CC1=C(C)C(=O)C([C@H]2CN2)=CC1=O. The molecule has 13 heavy (non-hydrogen) atoms. The molecule has 2 rings (SSSR count). The first kappa shape index (κ1) is 8.38. The number of Topliss-reactive ketones (excluding diaryl/α,β-unsaturated/α-hetero) is 1. The summed E-state index contributed by atoms with van der Waals surface area (Å²) in [5.74, 6) is -0.00657. The van der Waals surface area contributed by atoms with Gasteiger partial charge in [-0.05, 0) is 19.9 Å². The molecule has 1 aliphatic heterocycles. The number of hydrogen-bond acceptors (Lipinski definition) is 3. The van der Waals surface area contributed by atoms with Crippen molar-refractivity contribution in [3.8, 4) is 0 Å². The molecule has 0 aromatic rings. The predicted octanol–water partition coefficient (Wildman–Crippen LogP) is 0.373. The second-order valence-electron chi connectivity index (χ2n) is 3.50. The molecule has 0 aromatic carbocycles. The molecule has 0 radical (unpaired) electrons. The summed E-state index contributed by atoms with van der Waals surface area (Å²) >= 11 is 0. The molecule has 2 aliphatic rings. The smallest absolute Gasteiger partial charge is 0.186 e. The predicted molar refractivity (Wildman–Crippen MR) is 48.3 cm³/mol. The summed E-state index contributed by atoms with van der Waals surface area (Å²) in [5, 5.41) is 3.03. The van der Waals surface area contributed by atoms with E-state index in [0.717, 1.165) is 6.54 Å². The van der Waals surface area contributed by atoms with Crippen molar-refractivity contribution in [2.45, 2.75) is 19.9 Å². The number of hydrogen-bond donors (Lipinski definition) is 1. The van der Waals surface area contributed by atoms with Crippen LogP contribution in [-0.4, -0.2) is 24.2 Å². The zero-order valence-corrected chi connectivity index (χ0v) is 7.68. The fourth-order valence-electron chi connectivity index (χ4n) is 1.42. The van der Waals surface area contributed by atoms with Gasteiger partial charge in [-0.1, -0.05) is 0 Å². The van der Waals surface area contributed by atoms with Gasteiger partial charge in [0.2, 0.25) is 0 Å². The largest absolute Gasteiger partial charge is 0.307 e. The third kappa shape index (κ3) is 1.25. The molecule has 0 unspecified atom stereocenters. The van der Waals surface area contributed by atoms with Gasteiger partial charge < -0.3 is 5.32 Å². The Morgan fingerprint density at radius 3 is 2.46 bits per heavy atom. The Morgan fingerprint density at radius 1 is 1.31 bits per heavy atom. The van der Waals surface area contributed by atoms with Crippen LogP contribution in [0.25, 0.3) is 0 Å². The van der Waals surface area contributed by atoms with Crippen LogP contribution in [0.1, 0.15) is 13.8 Å². The highest BCUT2D eigenvalue weighted by Gasteiger charge is 2.34. The lowest BCUT2D eigenvalue weighted by molar-refractivity contribution is -0.115. The minimum Gasteiger partial charge on any atom is -0.307 e. The van der Waals surface area contributed by atoms with E-state index in [9.17, 15) is 9.59 Å². The van der Waals surface area contributed by atoms with Gasteiger partial charge in [0.25, 0.3) is 0 Å². The molecular weight excluding hydrogens is 166 g/mol. The van der Waals surface area contributed by atoms with Crippen molar-refractivity contribution < 1.29 is 9.59 Å². The number of nitrogens with one attached hydrogen (secondary N) is 1. The minimum absolute atomic E-state index is 0.0205. The first-order valence-electron chi connectivity index (χ1n) is 4.32. The van der Waals surface area contributed by atoms with Crippen LogP contribution in [0, 0.1) is 0 Å². The number of allylic oxidation sites excluding steroid dienone is 3. The van der Waals surface area contributed by atoms with Gasteiger partial charge in [-0.25, -0.2) is 0 Å². The normalized spacial score (nSPS) is 27.8. The molecule has 1 N–H and O–H groups in total. The maximum atomic E-state index is 11.6. The van der Waals surface area contributed by atoms with E-state index < -0.39 is 0 Å². The van der Waals surface area contributed by atoms with E-state index in [4.69, 9.17) is 0 Å². The van der Waals surface area contributed by atoms with Crippen molar-refractivity contribution in [2.75, 3.05) is 6.54 Å². The summed E-state index contributed by atoms with van der Waals surface area (Å²) in [5.41, 5.74) is 1.80. The standard InChI is InChI=1S/C10H11NO2/c1-5-6(2)10(13)7(3-9(5)12)8-4-11-8/h3,8,11H,4H2,1-2H3/t8-/m1/s1. The van der Waals surface area contributed by atoms with Gasteiger partial charge in [0.05, 0.1) is 0 Å². The van der Waals surface area contributed by atoms with Gasteiger partial charge in [0.15, 0.2) is 11.6 Å². The Labute approximate surface area is 76.5 Å². The maximum absolute atomic E-state index is 11.6. The highest BCUT2D eigenvalue weighted by molar-refractivity contribution is 6.22. The van der Waals surface area contributed by atoms with Crippen LogP contribution in [0.15, 0.2) is 22.8 Å². The number of ketones is 2. The fourth-order valence-corrected chi connectivity index (χ4v) is 1.42. The van der Waals surface area contributed by atoms with Crippen LogP contribution in [0.5, 0.6) is 0 Å². The van der Waals surface area contributed by atoms with Crippen molar-refractivity contribution in [3.63, 3.8) is 0 Å². The molecule has 68 valence electrons. The van der Waals surface area contributed by atoms with Crippen LogP contribution < -0.4 is 5.32 Å². The van der Waals surface area contributed by atoms with Crippen molar-refractivity contribution >= 4 is 11.6 Å². The molecule has 1 aliphatic carbocycles. The lowest BCUT2D eigenvalue weighted by Crippen LogP contribution is -2.20. The Morgan fingerprint density at radius 2 is 1.92 bits per heavy atom. The third-order valence-electron chi connectivity index (χ3n) is 2.61. The lowest BCUT2D eigenvalue weighted by Gasteiger charge is -2.12. The van der Waals surface area contributed by atoms with Crippen molar-refractivity contribution in [3.05, 3.63) is 22.8 Å². The van der Waals surface area contributed by atoms with Gasteiger partial charge in [-0.2, -0.15) is 0 Å². The molecule has 1 atom stereocenters. The summed E-state index contributed by atoms with van der Waals surface area (Å²) < 4.78 is 0. The second-order valence-corrected chi connectivity index (χ2v) is 3.50. The first-order chi connectivity index (χ1) is 6.11. The van der Waals surface area contributed by atoms with Crippen LogP contribution >= 0.6 is 0 Å². The number of rotatable bonds is 1. The first-order valence-corrected chi connectivity index (χ1v) is 4.32.